The SMILES string of the molecule is CCc1ccc(-n2c(C)cc(C=Nc3cc(C)ccc3C)c2C)cc1. The fourth-order valence-electron chi connectivity index (χ4n) is 3.19. The highest BCUT2D eigenvalue weighted by molar-refractivity contribution is 5.84. The molecule has 0 radical (unpaired) electrons. The molecule has 2 nitrogen and oxygen atoms in total. The number of aryl methyl sites for hydroxylation is 4. The van der Waals surface area contributed by atoms with Crippen LogP contribution in [0, 0.1) is 27.7 Å². The van der Waals surface area contributed by atoms with Crippen molar-refractivity contribution in [2.24, 2.45) is 4.99 Å². The van der Waals surface area contributed by atoms with Gasteiger partial charge >= 0.3 is 0 Å². The van der Waals surface area contributed by atoms with E-state index in [1.807, 2.05) is 6.21 Å². The Morgan fingerprint density at radius 2 is 1.64 bits per heavy atom. The van der Waals surface area contributed by atoms with Crippen LogP contribution in [0.25, 0.3) is 5.69 Å². The van der Waals surface area contributed by atoms with E-state index in [4.69, 9.17) is 4.99 Å². The summed E-state index contributed by atoms with van der Waals surface area (Å²) in [5.74, 6) is 0. The number of aliphatic imine (C=N–C) groups is 1. The van der Waals surface area contributed by atoms with Crippen molar-refractivity contribution < 1.29 is 0 Å². The standard InChI is InChI=1S/C23H26N2/c1-6-20-9-11-22(12-10-20)25-18(4)14-21(19(25)5)15-24-23-13-16(2)7-8-17(23)3/h7-15H,6H2,1-5H3. The van der Waals surface area contributed by atoms with Gasteiger partial charge in [0.15, 0.2) is 0 Å². The zero-order valence-corrected chi connectivity index (χ0v) is 15.8. The molecular formula is C23H26N2. The average Bonchev–Trinajstić information content (AvgIpc) is 2.89. The molecule has 0 unspecified atom stereocenters. The highest BCUT2D eigenvalue weighted by atomic mass is 15.0. The summed E-state index contributed by atoms with van der Waals surface area (Å²) < 4.78 is 2.30. The second-order valence-electron chi connectivity index (χ2n) is 6.73. The maximum absolute atomic E-state index is 4.73. The van der Waals surface area contributed by atoms with Crippen LogP contribution in [-0.4, -0.2) is 10.8 Å². The molecule has 0 aliphatic carbocycles. The molecule has 128 valence electrons. The Bertz CT molecular complexity index is 912. The Morgan fingerprint density at radius 3 is 2.32 bits per heavy atom. The Balaban J connectivity index is 1.96. The molecule has 3 aromatic rings. The van der Waals surface area contributed by atoms with Gasteiger partial charge in [-0.15, -0.1) is 0 Å². The molecule has 3 rings (SSSR count). The van der Waals surface area contributed by atoms with E-state index in [1.54, 1.807) is 0 Å². The molecule has 25 heavy (non-hydrogen) atoms. The summed E-state index contributed by atoms with van der Waals surface area (Å²) in [6.07, 6.45) is 3.05. The number of nitrogens with zero attached hydrogens (tertiary/aromatic N) is 2. The molecule has 0 bridgehead atoms. The van der Waals surface area contributed by atoms with Gasteiger partial charge < -0.3 is 4.57 Å². The van der Waals surface area contributed by atoms with E-state index in [-0.39, 0.29) is 0 Å². The van der Waals surface area contributed by atoms with Gasteiger partial charge in [0.1, 0.15) is 0 Å². The molecule has 0 saturated carbocycles. The van der Waals surface area contributed by atoms with Crippen molar-refractivity contribution >= 4 is 11.9 Å². The highest BCUT2D eigenvalue weighted by Crippen LogP contribution is 2.23. The monoisotopic (exact) mass is 330 g/mol. The molecule has 0 saturated heterocycles. The molecule has 0 aliphatic heterocycles. The van der Waals surface area contributed by atoms with Crippen LogP contribution in [0.15, 0.2) is 53.5 Å². The fourth-order valence-corrected chi connectivity index (χ4v) is 3.19. The lowest BCUT2D eigenvalue weighted by atomic mass is 10.1. The summed E-state index contributed by atoms with van der Waals surface area (Å²) in [5.41, 5.74) is 9.65. The van der Waals surface area contributed by atoms with Gasteiger partial charge in [-0.1, -0.05) is 31.2 Å². The van der Waals surface area contributed by atoms with Crippen molar-refractivity contribution in [1.29, 1.82) is 0 Å². The van der Waals surface area contributed by atoms with Gasteiger partial charge in [0.25, 0.3) is 0 Å². The third-order valence-corrected chi connectivity index (χ3v) is 4.78. The van der Waals surface area contributed by atoms with Gasteiger partial charge in [0.2, 0.25) is 0 Å². The van der Waals surface area contributed by atoms with Crippen molar-refractivity contribution in [1.82, 2.24) is 4.57 Å². The molecule has 0 spiro atoms. The van der Waals surface area contributed by atoms with Gasteiger partial charge in [-0.2, -0.15) is 0 Å². The first-order chi connectivity index (χ1) is 12.0. The summed E-state index contributed by atoms with van der Waals surface area (Å²) in [4.78, 5) is 4.73. The highest BCUT2D eigenvalue weighted by Gasteiger charge is 2.09. The summed E-state index contributed by atoms with van der Waals surface area (Å²) >= 11 is 0. The lowest BCUT2D eigenvalue weighted by Gasteiger charge is -2.10. The zero-order valence-electron chi connectivity index (χ0n) is 15.8. The molecule has 0 amide bonds. The first kappa shape index (κ1) is 17.2. The van der Waals surface area contributed by atoms with Crippen LogP contribution in [0.1, 0.15) is 40.6 Å². The van der Waals surface area contributed by atoms with E-state index < -0.39 is 0 Å². The minimum atomic E-state index is 1.04. The second kappa shape index (κ2) is 7.10. The van der Waals surface area contributed by atoms with E-state index in [2.05, 4.69) is 87.7 Å². The van der Waals surface area contributed by atoms with E-state index in [0.29, 0.717) is 0 Å². The predicted molar refractivity (Wildman–Crippen MR) is 108 cm³/mol. The maximum atomic E-state index is 4.73. The predicted octanol–water partition coefficient (Wildman–Crippen LogP) is 6.02. The average molecular weight is 330 g/mol. The lowest BCUT2D eigenvalue weighted by molar-refractivity contribution is 0.962. The van der Waals surface area contributed by atoms with Crippen LogP contribution in [-0.2, 0) is 6.42 Å². The molecule has 2 aromatic carbocycles. The van der Waals surface area contributed by atoms with Gasteiger partial charge in [-0.25, -0.2) is 0 Å². The second-order valence-corrected chi connectivity index (χ2v) is 6.73. The summed E-state index contributed by atoms with van der Waals surface area (Å²) in [6.45, 7) is 10.7. The normalized spacial score (nSPS) is 11.4. The number of benzene rings is 2. The van der Waals surface area contributed by atoms with E-state index in [0.717, 1.165) is 17.7 Å². The first-order valence-electron chi connectivity index (χ1n) is 8.89. The van der Waals surface area contributed by atoms with Crippen molar-refractivity contribution in [2.45, 2.75) is 41.0 Å². The molecule has 0 aliphatic rings. The number of aromatic nitrogens is 1. The minimum Gasteiger partial charge on any atom is -0.318 e. The maximum Gasteiger partial charge on any atom is 0.0661 e. The van der Waals surface area contributed by atoms with Crippen LogP contribution in [0.2, 0.25) is 0 Å². The quantitative estimate of drug-likeness (QED) is 0.520. The largest absolute Gasteiger partial charge is 0.318 e. The number of rotatable bonds is 4. The van der Waals surface area contributed by atoms with E-state index in [9.17, 15) is 0 Å². The molecular weight excluding hydrogens is 304 g/mol. The van der Waals surface area contributed by atoms with Gasteiger partial charge in [-0.05, 0) is 75.1 Å². The molecule has 0 fully saturated rings. The summed E-state index contributed by atoms with van der Waals surface area (Å²) in [6, 6.07) is 17.4. The Hall–Kier alpha value is -2.61. The fraction of sp³-hybridized carbons (Fsp3) is 0.261. The lowest BCUT2D eigenvalue weighted by Crippen LogP contribution is -1.99. The van der Waals surface area contributed by atoms with Gasteiger partial charge in [0, 0.05) is 28.9 Å². The smallest absolute Gasteiger partial charge is 0.0661 e. The van der Waals surface area contributed by atoms with Gasteiger partial charge in [-0.3, -0.25) is 4.99 Å². The number of hydrogen-bond acceptors (Lipinski definition) is 1. The summed E-state index contributed by atoms with van der Waals surface area (Å²) in [5, 5.41) is 0. The van der Waals surface area contributed by atoms with Crippen molar-refractivity contribution in [3.8, 4) is 5.69 Å². The van der Waals surface area contributed by atoms with Crippen molar-refractivity contribution in [3.05, 3.63) is 82.2 Å². The third kappa shape index (κ3) is 3.58. The minimum absolute atomic E-state index is 1.04. The van der Waals surface area contributed by atoms with Crippen LogP contribution < -0.4 is 0 Å². The van der Waals surface area contributed by atoms with Crippen LogP contribution in [0.4, 0.5) is 5.69 Å². The Labute approximate surface area is 150 Å². The third-order valence-electron chi connectivity index (χ3n) is 4.78. The zero-order chi connectivity index (χ0) is 18.0. The summed E-state index contributed by atoms with van der Waals surface area (Å²) in [7, 11) is 0. The van der Waals surface area contributed by atoms with Crippen LogP contribution >= 0.6 is 0 Å². The molecule has 0 N–H and O–H groups in total. The van der Waals surface area contributed by atoms with E-state index in [1.165, 1.54) is 33.8 Å². The van der Waals surface area contributed by atoms with Crippen LogP contribution in [0.5, 0.6) is 0 Å². The molecule has 0 atom stereocenters. The Kier molecular flexibility index (Phi) is 4.89. The number of hydrogen-bond donors (Lipinski definition) is 0. The molecule has 1 aromatic heterocycles. The van der Waals surface area contributed by atoms with Crippen molar-refractivity contribution in [2.75, 3.05) is 0 Å². The van der Waals surface area contributed by atoms with Crippen LogP contribution in [0.3, 0.4) is 0 Å². The van der Waals surface area contributed by atoms with Gasteiger partial charge in [0.05, 0.1) is 5.69 Å². The molecule has 2 heteroatoms. The molecule has 1 heterocycles. The van der Waals surface area contributed by atoms with E-state index >= 15 is 0 Å². The Morgan fingerprint density at radius 1 is 0.920 bits per heavy atom. The topological polar surface area (TPSA) is 17.3 Å². The first-order valence-corrected chi connectivity index (χ1v) is 8.89. The van der Waals surface area contributed by atoms with Crippen molar-refractivity contribution in [3.63, 3.8) is 0 Å².